The smallest absolute Gasteiger partial charge is 0.328 e. The number of imide groups is 2. The van der Waals surface area contributed by atoms with Crippen LogP contribution < -0.4 is 16.0 Å². The molecule has 2 heterocycles. The van der Waals surface area contributed by atoms with E-state index >= 15 is 0 Å². The third kappa shape index (κ3) is 2.11. The largest absolute Gasteiger partial charge is 0.480 e. The van der Waals surface area contributed by atoms with Crippen LogP contribution >= 0.6 is 0 Å². The second-order valence-electron chi connectivity index (χ2n) is 4.08. The van der Waals surface area contributed by atoms with E-state index in [1.807, 2.05) is 10.6 Å². The molecule has 0 bridgehead atoms. The summed E-state index contributed by atoms with van der Waals surface area (Å²) in [5.74, 6) is -3.78. The van der Waals surface area contributed by atoms with Gasteiger partial charge in [0.15, 0.2) is 0 Å². The number of hydrogen-bond donors (Lipinski definition) is 4. The molecule has 4 amide bonds. The summed E-state index contributed by atoms with van der Waals surface area (Å²) in [6.45, 7) is 0.261. The number of carboxylic acids is 1. The summed E-state index contributed by atoms with van der Waals surface area (Å²) >= 11 is 0. The number of aliphatic carboxylic acids is 1. The minimum Gasteiger partial charge on any atom is -0.480 e. The van der Waals surface area contributed by atoms with Crippen LogP contribution in [0.4, 0.5) is 4.79 Å². The van der Waals surface area contributed by atoms with Crippen LogP contribution in [0.25, 0.3) is 0 Å². The Hall–Kier alpha value is -1.96. The highest BCUT2D eigenvalue weighted by Gasteiger charge is 2.44. The second-order valence-corrected chi connectivity index (χ2v) is 4.08. The van der Waals surface area contributed by atoms with Crippen molar-refractivity contribution in [2.45, 2.75) is 12.5 Å². The Labute approximate surface area is 95.7 Å². The van der Waals surface area contributed by atoms with E-state index in [2.05, 4.69) is 5.32 Å². The number of urea groups is 1. The molecule has 0 aromatic heterocycles. The van der Waals surface area contributed by atoms with Gasteiger partial charge in [-0.15, -0.1) is 0 Å². The van der Waals surface area contributed by atoms with Crippen molar-refractivity contribution in [2.24, 2.45) is 11.8 Å². The Morgan fingerprint density at radius 1 is 1.18 bits per heavy atom. The number of amides is 4. The molecule has 2 rings (SSSR count). The first-order valence-electron chi connectivity index (χ1n) is 5.11. The molecule has 2 atom stereocenters. The summed E-state index contributed by atoms with van der Waals surface area (Å²) in [5, 5.41) is 15.5. The van der Waals surface area contributed by atoms with Gasteiger partial charge in [0.1, 0.15) is 12.0 Å². The van der Waals surface area contributed by atoms with Crippen LogP contribution in [0.15, 0.2) is 0 Å². The van der Waals surface area contributed by atoms with Gasteiger partial charge >= 0.3 is 12.0 Å². The monoisotopic (exact) mass is 241 g/mol. The maximum Gasteiger partial charge on any atom is 0.328 e. The van der Waals surface area contributed by atoms with Crippen LogP contribution in [-0.4, -0.2) is 41.5 Å². The van der Waals surface area contributed by atoms with Gasteiger partial charge in [-0.05, 0) is 12.3 Å². The zero-order chi connectivity index (χ0) is 12.6. The van der Waals surface area contributed by atoms with E-state index in [1.54, 1.807) is 0 Å². The number of carbonyl (C=O) groups is 4. The lowest BCUT2D eigenvalue weighted by Gasteiger charge is -2.24. The van der Waals surface area contributed by atoms with Crippen LogP contribution in [-0.2, 0) is 14.4 Å². The van der Waals surface area contributed by atoms with Gasteiger partial charge in [0.2, 0.25) is 11.8 Å². The third-order valence-corrected chi connectivity index (χ3v) is 2.97. The van der Waals surface area contributed by atoms with Crippen LogP contribution in [0.2, 0.25) is 0 Å². The summed E-state index contributed by atoms with van der Waals surface area (Å²) in [4.78, 5) is 44.6. The molecule has 0 saturated carbocycles. The molecule has 2 aliphatic rings. The summed E-state index contributed by atoms with van der Waals surface area (Å²) in [7, 11) is 0. The molecule has 0 aromatic rings. The summed E-state index contributed by atoms with van der Waals surface area (Å²) in [5.41, 5.74) is 0. The fourth-order valence-electron chi connectivity index (χ4n) is 2.16. The van der Waals surface area contributed by atoms with Crippen molar-refractivity contribution in [3.63, 3.8) is 0 Å². The van der Waals surface area contributed by atoms with Gasteiger partial charge < -0.3 is 10.4 Å². The molecule has 8 heteroatoms. The molecule has 0 aliphatic carbocycles. The highest BCUT2D eigenvalue weighted by atomic mass is 16.4. The van der Waals surface area contributed by atoms with Crippen LogP contribution in [0.1, 0.15) is 6.42 Å². The van der Waals surface area contributed by atoms with Gasteiger partial charge in [-0.1, -0.05) is 0 Å². The first kappa shape index (κ1) is 11.5. The summed E-state index contributed by atoms with van der Waals surface area (Å²) in [6.07, 6.45) is 0.190. The fourth-order valence-corrected chi connectivity index (χ4v) is 2.16. The topological polar surface area (TPSA) is 125 Å². The highest BCUT2D eigenvalue weighted by Crippen LogP contribution is 2.24. The molecule has 0 spiro atoms. The van der Waals surface area contributed by atoms with Crippen LogP contribution in [0.3, 0.4) is 0 Å². The van der Waals surface area contributed by atoms with E-state index in [1.165, 1.54) is 0 Å². The molecule has 0 radical (unpaired) electrons. The number of carbonyl (C=O) groups excluding carboxylic acids is 3. The van der Waals surface area contributed by atoms with E-state index < -0.39 is 41.7 Å². The van der Waals surface area contributed by atoms with Crippen molar-refractivity contribution in [1.29, 1.82) is 0 Å². The minimum atomic E-state index is -1.01. The lowest BCUT2D eigenvalue weighted by molar-refractivity contribution is -0.141. The van der Waals surface area contributed by atoms with Gasteiger partial charge in [0.05, 0.1) is 0 Å². The van der Waals surface area contributed by atoms with Gasteiger partial charge in [-0.25, -0.2) is 4.79 Å². The van der Waals surface area contributed by atoms with Gasteiger partial charge in [0.25, 0.3) is 0 Å². The van der Waals surface area contributed by atoms with Crippen LogP contribution in [0, 0.1) is 11.8 Å². The average molecular weight is 241 g/mol. The van der Waals surface area contributed by atoms with Gasteiger partial charge in [-0.3, -0.25) is 25.0 Å². The first-order chi connectivity index (χ1) is 7.99. The molecule has 2 unspecified atom stereocenters. The Balaban J connectivity index is 2.08. The van der Waals surface area contributed by atoms with Crippen molar-refractivity contribution < 1.29 is 24.3 Å². The van der Waals surface area contributed by atoms with Crippen LogP contribution in [0.5, 0.6) is 0 Å². The molecular weight excluding hydrogens is 230 g/mol. The van der Waals surface area contributed by atoms with E-state index in [-0.39, 0.29) is 13.0 Å². The fraction of sp³-hybridized carbons (Fsp3) is 0.556. The van der Waals surface area contributed by atoms with Crippen molar-refractivity contribution >= 4 is 23.8 Å². The molecule has 2 aliphatic heterocycles. The summed E-state index contributed by atoms with van der Waals surface area (Å²) in [6, 6.07) is -1.59. The van der Waals surface area contributed by atoms with Crippen molar-refractivity contribution in [2.75, 3.05) is 6.54 Å². The predicted molar refractivity (Wildman–Crippen MR) is 52.7 cm³/mol. The minimum absolute atomic E-state index is 0.190. The van der Waals surface area contributed by atoms with Gasteiger partial charge in [-0.2, -0.15) is 0 Å². The zero-order valence-corrected chi connectivity index (χ0v) is 8.73. The maximum atomic E-state index is 11.5. The zero-order valence-electron chi connectivity index (χ0n) is 8.73. The molecule has 4 N–H and O–H groups in total. The first-order valence-corrected chi connectivity index (χ1v) is 5.11. The molecular formula is C9H11N3O5. The molecule has 8 nitrogen and oxygen atoms in total. The molecule has 92 valence electrons. The normalized spacial score (nSPS) is 30.0. The number of nitrogens with one attached hydrogen (secondary N) is 3. The lowest BCUT2D eigenvalue weighted by Crippen LogP contribution is -2.57. The highest BCUT2D eigenvalue weighted by molar-refractivity contribution is 6.16. The quantitative estimate of drug-likeness (QED) is 0.416. The van der Waals surface area contributed by atoms with Crippen molar-refractivity contribution in [1.82, 2.24) is 16.0 Å². The van der Waals surface area contributed by atoms with E-state index in [9.17, 15) is 19.2 Å². The standard InChI is InChI=1S/C9H11N3O5/c13-6-5(7(14)12-9(17)11-6)3-1-4(8(15)16)10-2-3/h3-5,10H,1-2H2,(H,15,16)(H2,11,12,13,14,17). The van der Waals surface area contributed by atoms with Crippen molar-refractivity contribution in [3.8, 4) is 0 Å². The Morgan fingerprint density at radius 2 is 1.76 bits per heavy atom. The third-order valence-electron chi connectivity index (χ3n) is 2.97. The Kier molecular flexibility index (Phi) is 2.80. The molecule has 2 saturated heterocycles. The maximum absolute atomic E-state index is 11.5. The number of carboxylic acid groups (broad SMARTS) is 1. The second kappa shape index (κ2) is 4.13. The summed E-state index contributed by atoms with van der Waals surface area (Å²) < 4.78 is 0. The molecule has 17 heavy (non-hydrogen) atoms. The molecule has 2 fully saturated rings. The van der Waals surface area contributed by atoms with Gasteiger partial charge in [0, 0.05) is 6.54 Å². The van der Waals surface area contributed by atoms with E-state index in [0.29, 0.717) is 0 Å². The average Bonchev–Trinajstić information content (AvgIpc) is 2.65. The number of hydrogen-bond acceptors (Lipinski definition) is 5. The number of rotatable bonds is 2. The number of barbiturate groups is 1. The molecule has 0 aromatic carbocycles. The van der Waals surface area contributed by atoms with E-state index in [0.717, 1.165) is 0 Å². The lowest BCUT2D eigenvalue weighted by atomic mass is 9.87. The Morgan fingerprint density at radius 3 is 2.24 bits per heavy atom. The predicted octanol–water partition coefficient (Wildman–Crippen LogP) is -1.97. The van der Waals surface area contributed by atoms with E-state index in [4.69, 9.17) is 5.11 Å². The Bertz CT molecular complexity index is 387. The van der Waals surface area contributed by atoms with Crippen molar-refractivity contribution in [3.05, 3.63) is 0 Å². The SMILES string of the molecule is O=C1NC(=O)C(C2CNC(C(=O)O)C2)C(=O)N1.